The first kappa shape index (κ1) is 28.1. The molecular weight excluding hydrogens is 615 g/mol. The Kier molecular flexibility index (Phi) is 6.39. The molecule has 0 aliphatic carbocycles. The maximum atomic E-state index is 6.12. The number of para-hydroxylation sites is 2. The first-order chi connectivity index (χ1) is 24.8. The first-order valence-electron chi connectivity index (χ1n) is 16.6. The predicted molar refractivity (Wildman–Crippen MR) is 201 cm³/mol. The standard InChI is InChI=1S/C44H27N5O/c1-4-13-28(14-5-1)32-20-12-21-34-40-37(25-24-36(45-40)31-23-26-39-35(27-31)33-19-10-11-22-38(33)50-39)49(41(32)34)44-47-42(29-15-6-2-7-16-29)46-43(48-44)30-17-8-3-9-18-30/h1-27H. The van der Waals surface area contributed by atoms with Gasteiger partial charge in [-0.3, -0.25) is 4.57 Å². The molecule has 0 bridgehead atoms. The van der Waals surface area contributed by atoms with Crippen molar-refractivity contribution >= 4 is 43.9 Å². The van der Waals surface area contributed by atoms with Gasteiger partial charge in [0.05, 0.1) is 22.2 Å². The second kappa shape index (κ2) is 11.4. The van der Waals surface area contributed by atoms with E-state index in [1.165, 1.54) is 0 Å². The van der Waals surface area contributed by atoms with Crippen LogP contribution >= 0.6 is 0 Å². The highest BCUT2D eigenvalue weighted by Gasteiger charge is 2.22. The van der Waals surface area contributed by atoms with Crippen LogP contribution in [0.2, 0.25) is 0 Å². The largest absolute Gasteiger partial charge is 0.456 e. The van der Waals surface area contributed by atoms with Gasteiger partial charge in [0.15, 0.2) is 11.6 Å². The molecule has 0 saturated heterocycles. The normalized spacial score (nSPS) is 11.6. The number of hydrogen-bond donors (Lipinski definition) is 0. The first-order valence-corrected chi connectivity index (χ1v) is 16.6. The molecule has 4 aromatic heterocycles. The average molecular weight is 642 g/mol. The summed E-state index contributed by atoms with van der Waals surface area (Å²) in [6.07, 6.45) is 0. The highest BCUT2D eigenvalue weighted by molar-refractivity contribution is 6.12. The molecule has 0 unspecified atom stereocenters. The van der Waals surface area contributed by atoms with Crippen molar-refractivity contribution < 1.29 is 4.42 Å². The molecule has 0 radical (unpaired) electrons. The van der Waals surface area contributed by atoms with Gasteiger partial charge in [0.25, 0.3) is 0 Å². The van der Waals surface area contributed by atoms with E-state index in [-0.39, 0.29) is 0 Å². The Labute approximate surface area is 287 Å². The highest BCUT2D eigenvalue weighted by atomic mass is 16.3. The number of aromatic nitrogens is 5. The number of rotatable bonds is 5. The van der Waals surface area contributed by atoms with E-state index in [9.17, 15) is 0 Å². The second-order valence-corrected chi connectivity index (χ2v) is 12.3. The van der Waals surface area contributed by atoms with Crippen molar-refractivity contribution in [2.45, 2.75) is 0 Å². The topological polar surface area (TPSA) is 69.6 Å². The number of furan rings is 1. The van der Waals surface area contributed by atoms with Crippen LogP contribution in [0.4, 0.5) is 0 Å². The monoisotopic (exact) mass is 641 g/mol. The Morgan fingerprint density at radius 2 is 1.04 bits per heavy atom. The molecule has 0 spiro atoms. The lowest BCUT2D eigenvalue weighted by Gasteiger charge is -2.13. The number of nitrogens with zero attached hydrogens (tertiary/aromatic N) is 5. The lowest BCUT2D eigenvalue weighted by atomic mass is 10.0. The molecule has 50 heavy (non-hydrogen) atoms. The van der Waals surface area contributed by atoms with Crippen molar-refractivity contribution in [2.75, 3.05) is 0 Å². The highest BCUT2D eigenvalue weighted by Crippen LogP contribution is 2.39. The van der Waals surface area contributed by atoms with Gasteiger partial charge in [-0.1, -0.05) is 127 Å². The molecule has 6 aromatic carbocycles. The minimum absolute atomic E-state index is 0.530. The Bertz CT molecular complexity index is 2800. The van der Waals surface area contributed by atoms with Crippen LogP contribution in [-0.4, -0.2) is 24.5 Å². The molecule has 10 rings (SSSR count). The average Bonchev–Trinajstić information content (AvgIpc) is 3.74. The zero-order chi connectivity index (χ0) is 33.0. The molecule has 234 valence electrons. The van der Waals surface area contributed by atoms with Gasteiger partial charge in [-0.15, -0.1) is 0 Å². The number of pyridine rings is 1. The molecule has 0 amide bonds. The van der Waals surface area contributed by atoms with Gasteiger partial charge < -0.3 is 4.42 Å². The molecule has 0 fully saturated rings. The third-order valence-corrected chi connectivity index (χ3v) is 9.27. The summed E-state index contributed by atoms with van der Waals surface area (Å²) in [4.78, 5) is 20.6. The maximum Gasteiger partial charge on any atom is 0.238 e. The van der Waals surface area contributed by atoms with Crippen molar-refractivity contribution in [3.63, 3.8) is 0 Å². The second-order valence-electron chi connectivity index (χ2n) is 12.3. The number of hydrogen-bond acceptors (Lipinski definition) is 5. The van der Waals surface area contributed by atoms with Crippen molar-refractivity contribution in [1.29, 1.82) is 0 Å². The summed E-state index contributed by atoms with van der Waals surface area (Å²) in [5.74, 6) is 1.74. The molecule has 0 aliphatic rings. The fourth-order valence-corrected chi connectivity index (χ4v) is 6.93. The predicted octanol–water partition coefficient (Wildman–Crippen LogP) is 10.9. The zero-order valence-electron chi connectivity index (χ0n) is 26.7. The van der Waals surface area contributed by atoms with Crippen LogP contribution in [0.25, 0.3) is 95.0 Å². The lowest BCUT2D eigenvalue weighted by molar-refractivity contribution is 0.669. The molecule has 4 heterocycles. The van der Waals surface area contributed by atoms with Crippen LogP contribution in [0.5, 0.6) is 0 Å². The smallest absolute Gasteiger partial charge is 0.238 e. The minimum Gasteiger partial charge on any atom is -0.456 e. The van der Waals surface area contributed by atoms with E-state index in [0.29, 0.717) is 17.6 Å². The molecular formula is C44H27N5O. The fraction of sp³-hybridized carbons (Fsp3) is 0. The molecule has 0 atom stereocenters. The molecule has 0 N–H and O–H groups in total. The summed E-state index contributed by atoms with van der Waals surface area (Å²) in [5, 5.41) is 3.18. The third kappa shape index (κ3) is 4.58. The van der Waals surface area contributed by atoms with E-state index in [2.05, 4.69) is 77.4 Å². The number of fused-ring (bicyclic) bond motifs is 6. The van der Waals surface area contributed by atoms with Crippen LogP contribution in [-0.2, 0) is 0 Å². The Morgan fingerprint density at radius 1 is 0.420 bits per heavy atom. The third-order valence-electron chi connectivity index (χ3n) is 9.27. The van der Waals surface area contributed by atoms with E-state index < -0.39 is 0 Å². The Hall–Kier alpha value is -6.92. The van der Waals surface area contributed by atoms with E-state index in [1.54, 1.807) is 0 Å². The quantitative estimate of drug-likeness (QED) is 0.187. The van der Waals surface area contributed by atoms with Gasteiger partial charge in [0, 0.05) is 38.4 Å². The lowest BCUT2D eigenvalue weighted by Crippen LogP contribution is -2.07. The van der Waals surface area contributed by atoms with Crippen LogP contribution in [0.15, 0.2) is 168 Å². The van der Waals surface area contributed by atoms with Crippen LogP contribution in [0.1, 0.15) is 0 Å². The molecule has 10 aromatic rings. The van der Waals surface area contributed by atoms with E-state index >= 15 is 0 Å². The zero-order valence-corrected chi connectivity index (χ0v) is 26.7. The van der Waals surface area contributed by atoms with Crippen molar-refractivity contribution in [3.8, 4) is 51.1 Å². The summed E-state index contributed by atoms with van der Waals surface area (Å²) < 4.78 is 8.27. The summed E-state index contributed by atoms with van der Waals surface area (Å²) in [7, 11) is 0. The van der Waals surface area contributed by atoms with E-state index in [4.69, 9.17) is 24.4 Å². The van der Waals surface area contributed by atoms with Gasteiger partial charge in [-0.25, -0.2) is 9.97 Å². The van der Waals surface area contributed by atoms with Gasteiger partial charge in [0.1, 0.15) is 11.2 Å². The van der Waals surface area contributed by atoms with Crippen molar-refractivity contribution in [2.24, 2.45) is 0 Å². The van der Waals surface area contributed by atoms with Gasteiger partial charge in [0.2, 0.25) is 5.95 Å². The molecule has 0 aliphatic heterocycles. The molecule has 6 nitrogen and oxygen atoms in total. The SMILES string of the molecule is c1ccc(-c2nc(-c3ccccc3)nc(-n3c4ccc(-c5ccc6oc7ccccc7c6c5)nc4c4cccc(-c5ccccc5)c43)n2)cc1. The Morgan fingerprint density at radius 3 is 1.76 bits per heavy atom. The van der Waals surface area contributed by atoms with E-state index in [1.807, 2.05) is 91.0 Å². The Balaban J connectivity index is 1.26. The van der Waals surface area contributed by atoms with Crippen LogP contribution < -0.4 is 0 Å². The summed E-state index contributed by atoms with van der Waals surface area (Å²) in [5.41, 5.74) is 10.4. The van der Waals surface area contributed by atoms with Crippen molar-refractivity contribution in [3.05, 3.63) is 164 Å². The summed E-state index contributed by atoms with van der Waals surface area (Å²) in [6, 6.07) is 55.6. The fourth-order valence-electron chi connectivity index (χ4n) is 6.93. The molecule has 6 heteroatoms. The molecule has 0 saturated carbocycles. The van der Waals surface area contributed by atoms with Gasteiger partial charge >= 0.3 is 0 Å². The van der Waals surface area contributed by atoms with Crippen molar-refractivity contribution in [1.82, 2.24) is 24.5 Å². The van der Waals surface area contributed by atoms with Crippen LogP contribution in [0, 0.1) is 0 Å². The number of benzene rings is 6. The van der Waals surface area contributed by atoms with E-state index in [0.717, 1.165) is 77.4 Å². The maximum absolute atomic E-state index is 6.12. The minimum atomic E-state index is 0.530. The van der Waals surface area contributed by atoms with Gasteiger partial charge in [-0.05, 0) is 42.0 Å². The van der Waals surface area contributed by atoms with Crippen LogP contribution in [0.3, 0.4) is 0 Å². The summed E-state index contributed by atoms with van der Waals surface area (Å²) in [6.45, 7) is 0. The van der Waals surface area contributed by atoms with Gasteiger partial charge in [-0.2, -0.15) is 9.97 Å². The summed E-state index contributed by atoms with van der Waals surface area (Å²) >= 11 is 0.